The maximum absolute atomic E-state index is 5.91. The van der Waals surface area contributed by atoms with E-state index in [1.54, 1.807) is 7.11 Å². The van der Waals surface area contributed by atoms with E-state index >= 15 is 0 Å². The van der Waals surface area contributed by atoms with Gasteiger partial charge in [0.25, 0.3) is 0 Å². The molecule has 2 rings (SSSR count). The molecule has 0 radical (unpaired) electrons. The van der Waals surface area contributed by atoms with Crippen molar-refractivity contribution in [1.29, 1.82) is 0 Å². The van der Waals surface area contributed by atoms with Gasteiger partial charge in [0, 0.05) is 17.3 Å². The lowest BCUT2D eigenvalue weighted by Gasteiger charge is -2.08. The van der Waals surface area contributed by atoms with Gasteiger partial charge < -0.3 is 14.8 Å². The number of nitrogens with one attached hydrogen (secondary N) is 1. The van der Waals surface area contributed by atoms with E-state index in [1.165, 1.54) is 0 Å². The monoisotopic (exact) mass is 291 g/mol. The Labute approximate surface area is 124 Å². The molecule has 2 aromatic rings. The Kier molecular flexibility index (Phi) is 5.71. The quantitative estimate of drug-likeness (QED) is 0.783. The van der Waals surface area contributed by atoms with E-state index in [9.17, 15) is 0 Å². The zero-order valence-corrected chi connectivity index (χ0v) is 12.2. The second-order valence-corrected chi connectivity index (χ2v) is 4.77. The molecule has 0 saturated carbocycles. The zero-order chi connectivity index (χ0) is 14.2. The molecule has 0 aliphatic rings. The van der Waals surface area contributed by atoms with Crippen LogP contribution in [0.3, 0.4) is 0 Å². The molecular weight excluding hydrogens is 274 g/mol. The minimum Gasteiger partial charge on any atom is -0.497 e. The molecule has 3 nitrogen and oxygen atoms in total. The van der Waals surface area contributed by atoms with Gasteiger partial charge in [0.15, 0.2) is 0 Å². The Morgan fingerprint density at radius 2 is 1.90 bits per heavy atom. The molecule has 0 saturated heterocycles. The summed E-state index contributed by atoms with van der Waals surface area (Å²) in [5, 5.41) is 3.99. The van der Waals surface area contributed by atoms with Crippen LogP contribution in [0.5, 0.6) is 5.75 Å². The highest BCUT2D eigenvalue weighted by Crippen LogP contribution is 2.14. The largest absolute Gasteiger partial charge is 0.497 e. The molecule has 0 fully saturated rings. The first-order valence-corrected chi connectivity index (χ1v) is 6.86. The van der Waals surface area contributed by atoms with Gasteiger partial charge in [-0.05, 0) is 35.9 Å². The van der Waals surface area contributed by atoms with Gasteiger partial charge in [-0.1, -0.05) is 29.8 Å². The van der Waals surface area contributed by atoms with Crippen LogP contribution in [0, 0.1) is 0 Å². The molecule has 0 atom stereocenters. The summed E-state index contributed by atoms with van der Waals surface area (Å²) < 4.78 is 10.7. The fourth-order valence-electron chi connectivity index (χ4n) is 1.78. The maximum Gasteiger partial charge on any atom is 0.118 e. The fraction of sp³-hybridized carbons (Fsp3) is 0.250. The van der Waals surface area contributed by atoms with E-state index in [2.05, 4.69) is 5.32 Å². The minimum absolute atomic E-state index is 0.598. The standard InChI is InChI=1S/C16H18ClNO2/c1-19-16-7-5-13(6-8-16)12-20-10-9-18-15-4-2-3-14(17)11-15/h2-8,11,18H,9-10,12H2,1H3. The van der Waals surface area contributed by atoms with Gasteiger partial charge in [-0.2, -0.15) is 0 Å². The highest BCUT2D eigenvalue weighted by molar-refractivity contribution is 6.30. The number of anilines is 1. The summed E-state index contributed by atoms with van der Waals surface area (Å²) in [5.41, 5.74) is 2.14. The molecule has 0 heterocycles. The van der Waals surface area contributed by atoms with E-state index in [-0.39, 0.29) is 0 Å². The van der Waals surface area contributed by atoms with Crippen LogP contribution in [-0.2, 0) is 11.3 Å². The molecule has 0 aliphatic heterocycles. The highest BCUT2D eigenvalue weighted by atomic mass is 35.5. The molecule has 20 heavy (non-hydrogen) atoms. The lowest BCUT2D eigenvalue weighted by molar-refractivity contribution is 0.130. The van der Waals surface area contributed by atoms with Crippen molar-refractivity contribution in [1.82, 2.24) is 0 Å². The molecule has 0 spiro atoms. The predicted molar refractivity (Wildman–Crippen MR) is 82.6 cm³/mol. The minimum atomic E-state index is 0.598. The summed E-state index contributed by atoms with van der Waals surface area (Å²) in [6.45, 7) is 1.98. The van der Waals surface area contributed by atoms with Crippen LogP contribution in [0.15, 0.2) is 48.5 Å². The maximum atomic E-state index is 5.91. The van der Waals surface area contributed by atoms with Crippen molar-refractivity contribution in [2.24, 2.45) is 0 Å². The summed E-state index contributed by atoms with van der Waals surface area (Å²) in [6.07, 6.45) is 0. The Balaban J connectivity index is 1.66. The van der Waals surface area contributed by atoms with E-state index < -0.39 is 0 Å². The van der Waals surface area contributed by atoms with Crippen LogP contribution >= 0.6 is 11.6 Å². The molecule has 0 amide bonds. The third-order valence-corrected chi connectivity index (χ3v) is 3.06. The van der Waals surface area contributed by atoms with Gasteiger partial charge in [-0.3, -0.25) is 0 Å². The van der Waals surface area contributed by atoms with Crippen LogP contribution in [0.25, 0.3) is 0 Å². The van der Waals surface area contributed by atoms with Crippen molar-refractivity contribution in [3.63, 3.8) is 0 Å². The number of ether oxygens (including phenoxy) is 2. The van der Waals surface area contributed by atoms with E-state index in [1.807, 2.05) is 48.5 Å². The number of rotatable bonds is 7. The topological polar surface area (TPSA) is 30.5 Å². The lowest BCUT2D eigenvalue weighted by Crippen LogP contribution is -2.09. The van der Waals surface area contributed by atoms with Crippen molar-refractivity contribution >= 4 is 17.3 Å². The van der Waals surface area contributed by atoms with Crippen molar-refractivity contribution in [3.8, 4) is 5.75 Å². The second-order valence-electron chi connectivity index (χ2n) is 4.34. The molecule has 2 aromatic carbocycles. The van der Waals surface area contributed by atoms with Gasteiger partial charge in [-0.25, -0.2) is 0 Å². The summed E-state index contributed by atoms with van der Waals surface area (Å²) in [4.78, 5) is 0. The molecule has 0 bridgehead atoms. The molecule has 0 aromatic heterocycles. The van der Waals surface area contributed by atoms with Crippen LogP contribution < -0.4 is 10.1 Å². The third-order valence-electron chi connectivity index (χ3n) is 2.83. The van der Waals surface area contributed by atoms with Crippen LogP contribution in [0.4, 0.5) is 5.69 Å². The summed E-state index contributed by atoms with van der Waals surface area (Å²) in [6, 6.07) is 15.5. The van der Waals surface area contributed by atoms with E-state index in [4.69, 9.17) is 21.1 Å². The second kappa shape index (κ2) is 7.78. The summed E-state index contributed by atoms with van der Waals surface area (Å²) >= 11 is 5.91. The molecule has 0 aliphatic carbocycles. The average Bonchev–Trinajstić information content (AvgIpc) is 2.48. The molecule has 1 N–H and O–H groups in total. The van der Waals surface area contributed by atoms with Crippen LogP contribution in [0.2, 0.25) is 5.02 Å². The van der Waals surface area contributed by atoms with E-state index in [0.29, 0.717) is 13.2 Å². The Hall–Kier alpha value is -1.71. The fourth-order valence-corrected chi connectivity index (χ4v) is 1.97. The molecule has 106 valence electrons. The van der Waals surface area contributed by atoms with Crippen molar-refractivity contribution in [2.45, 2.75) is 6.61 Å². The van der Waals surface area contributed by atoms with Crippen molar-refractivity contribution in [3.05, 3.63) is 59.1 Å². The summed E-state index contributed by atoms with van der Waals surface area (Å²) in [7, 11) is 1.66. The van der Waals surface area contributed by atoms with Gasteiger partial charge in [0.1, 0.15) is 5.75 Å². The lowest BCUT2D eigenvalue weighted by atomic mass is 10.2. The normalized spacial score (nSPS) is 10.3. The van der Waals surface area contributed by atoms with Crippen molar-refractivity contribution < 1.29 is 9.47 Å². The summed E-state index contributed by atoms with van der Waals surface area (Å²) in [5.74, 6) is 0.858. The molecular formula is C16H18ClNO2. The number of hydrogen-bond donors (Lipinski definition) is 1. The van der Waals surface area contributed by atoms with Gasteiger partial charge in [-0.15, -0.1) is 0 Å². The van der Waals surface area contributed by atoms with Crippen molar-refractivity contribution in [2.75, 3.05) is 25.6 Å². The Bertz CT molecular complexity index is 528. The van der Waals surface area contributed by atoms with Crippen LogP contribution in [0.1, 0.15) is 5.56 Å². The average molecular weight is 292 g/mol. The Morgan fingerprint density at radius 3 is 2.60 bits per heavy atom. The van der Waals surface area contributed by atoms with Gasteiger partial charge >= 0.3 is 0 Å². The molecule has 0 unspecified atom stereocenters. The Morgan fingerprint density at radius 1 is 1.10 bits per heavy atom. The highest BCUT2D eigenvalue weighted by Gasteiger charge is 1.96. The first-order chi connectivity index (χ1) is 9.78. The number of methoxy groups -OCH3 is 1. The molecule has 4 heteroatoms. The first-order valence-electron chi connectivity index (χ1n) is 6.48. The zero-order valence-electron chi connectivity index (χ0n) is 11.4. The third kappa shape index (κ3) is 4.76. The smallest absolute Gasteiger partial charge is 0.118 e. The number of hydrogen-bond acceptors (Lipinski definition) is 3. The predicted octanol–water partition coefficient (Wildman–Crippen LogP) is 3.98. The SMILES string of the molecule is COc1ccc(COCCNc2cccc(Cl)c2)cc1. The van der Waals surface area contributed by atoms with E-state index in [0.717, 1.165) is 28.6 Å². The van der Waals surface area contributed by atoms with Gasteiger partial charge in [0.2, 0.25) is 0 Å². The number of halogens is 1. The number of benzene rings is 2. The van der Waals surface area contributed by atoms with Crippen LogP contribution in [-0.4, -0.2) is 20.3 Å². The van der Waals surface area contributed by atoms with Gasteiger partial charge in [0.05, 0.1) is 20.3 Å². The first kappa shape index (κ1) is 14.7.